The number of hydrogen-bond donors (Lipinski definition) is 2. The van der Waals surface area contributed by atoms with Crippen molar-refractivity contribution >= 4 is 32.2 Å². The van der Waals surface area contributed by atoms with Crippen molar-refractivity contribution < 1.29 is 18.3 Å². The minimum atomic E-state index is -2.42. The monoisotopic (exact) mass is 209 g/mol. The lowest BCUT2D eigenvalue weighted by molar-refractivity contribution is -0.137. The maximum atomic E-state index is 10.5. The van der Waals surface area contributed by atoms with E-state index in [0.29, 0.717) is 12.3 Å². The van der Waals surface area contributed by atoms with E-state index in [1.807, 2.05) is 0 Å². The van der Waals surface area contributed by atoms with E-state index in [1.54, 1.807) is 0 Å². The molecule has 7 heteroatoms. The van der Waals surface area contributed by atoms with E-state index < -0.39 is 22.3 Å². The Hall–Kier alpha value is -0.530. The largest absolute Gasteiger partial charge is 0.480 e. The van der Waals surface area contributed by atoms with Gasteiger partial charge in [-0.2, -0.15) is 8.42 Å². The summed E-state index contributed by atoms with van der Waals surface area (Å²) in [5, 5.41) is 11.2. The lowest BCUT2D eigenvalue weighted by Crippen LogP contribution is -2.47. The first-order valence-electron chi connectivity index (χ1n) is 3.18. The summed E-state index contributed by atoms with van der Waals surface area (Å²) in [6.45, 7) is 0.516. The van der Waals surface area contributed by atoms with Crippen LogP contribution in [-0.4, -0.2) is 42.0 Å². The molecule has 1 aliphatic heterocycles. The van der Waals surface area contributed by atoms with E-state index in [0.717, 1.165) is 11.8 Å². The third-order valence-electron chi connectivity index (χ3n) is 1.34. The van der Waals surface area contributed by atoms with E-state index in [9.17, 15) is 13.2 Å². The Morgan fingerprint density at radius 2 is 2.33 bits per heavy atom. The van der Waals surface area contributed by atoms with Crippen LogP contribution in [0.4, 0.5) is 0 Å². The van der Waals surface area contributed by atoms with E-state index in [1.165, 1.54) is 0 Å². The van der Waals surface area contributed by atoms with Crippen LogP contribution in [0.2, 0.25) is 0 Å². The molecule has 0 saturated carbocycles. The first-order chi connectivity index (χ1) is 5.63. The van der Waals surface area contributed by atoms with Gasteiger partial charge in [-0.25, -0.2) is 0 Å². The molecule has 0 aliphatic carbocycles. The average molecular weight is 209 g/mol. The fourth-order valence-corrected chi connectivity index (χ4v) is 2.64. The molecule has 1 atom stereocenters. The standard InChI is InChI=1S/C5H7NO4S2/c7-4(8)3-5(12(9)10)11-2-1-6-3/h3,6H,1-2H2,(H,7,8). The van der Waals surface area contributed by atoms with E-state index >= 15 is 0 Å². The molecule has 0 amide bonds. The first kappa shape index (κ1) is 9.56. The Kier molecular flexibility index (Phi) is 3.12. The fourth-order valence-electron chi connectivity index (χ4n) is 0.854. The van der Waals surface area contributed by atoms with Gasteiger partial charge >= 0.3 is 5.97 Å². The van der Waals surface area contributed by atoms with Gasteiger partial charge in [0.2, 0.25) is 10.3 Å². The lowest BCUT2D eigenvalue weighted by Gasteiger charge is -2.18. The molecular weight excluding hydrogens is 202 g/mol. The highest BCUT2D eigenvalue weighted by Crippen LogP contribution is 2.11. The number of carbonyl (C=O) groups is 1. The third-order valence-corrected chi connectivity index (χ3v) is 3.60. The Balaban J connectivity index is 2.97. The molecule has 0 aromatic rings. The average Bonchev–Trinajstić information content (AvgIpc) is 2.04. The van der Waals surface area contributed by atoms with Crippen LogP contribution in [0.3, 0.4) is 0 Å². The first-order valence-corrected chi connectivity index (χ1v) is 5.24. The van der Waals surface area contributed by atoms with Gasteiger partial charge < -0.3 is 5.11 Å². The van der Waals surface area contributed by atoms with Crippen LogP contribution >= 0.6 is 11.8 Å². The molecule has 0 aromatic heterocycles. The van der Waals surface area contributed by atoms with E-state index in [4.69, 9.17) is 5.11 Å². The zero-order chi connectivity index (χ0) is 9.14. The second kappa shape index (κ2) is 3.92. The molecule has 5 nitrogen and oxygen atoms in total. The minimum Gasteiger partial charge on any atom is -0.480 e. The van der Waals surface area contributed by atoms with Crippen molar-refractivity contribution in [3.63, 3.8) is 0 Å². The fraction of sp³-hybridized carbons (Fsp3) is 0.600. The topological polar surface area (TPSA) is 83.5 Å². The van der Waals surface area contributed by atoms with Crippen molar-refractivity contribution in [3.05, 3.63) is 0 Å². The SMILES string of the molecule is O=C(O)C1NCCSC1=S(=O)=O. The molecule has 0 bridgehead atoms. The lowest BCUT2D eigenvalue weighted by atomic mass is 10.3. The van der Waals surface area contributed by atoms with Gasteiger partial charge in [0.15, 0.2) is 6.04 Å². The van der Waals surface area contributed by atoms with Gasteiger partial charge in [-0.05, 0) is 0 Å². The summed E-state index contributed by atoms with van der Waals surface area (Å²) in [6.07, 6.45) is 0. The molecule has 1 heterocycles. The Labute approximate surface area is 74.7 Å². The van der Waals surface area contributed by atoms with Gasteiger partial charge in [0, 0.05) is 12.3 Å². The van der Waals surface area contributed by atoms with Crippen LogP contribution in [0.15, 0.2) is 0 Å². The number of thioether (sulfide) groups is 1. The van der Waals surface area contributed by atoms with Crippen molar-refractivity contribution in [1.82, 2.24) is 5.32 Å². The van der Waals surface area contributed by atoms with Crippen molar-refractivity contribution in [3.8, 4) is 0 Å². The predicted octanol–water partition coefficient (Wildman–Crippen LogP) is -1.21. The summed E-state index contributed by atoms with van der Waals surface area (Å²) < 4.78 is 21.0. The second-order valence-corrected chi connectivity index (χ2v) is 4.43. The third kappa shape index (κ3) is 1.99. The minimum absolute atomic E-state index is 0.0336. The summed E-state index contributed by atoms with van der Waals surface area (Å²) in [6, 6.07) is -1.05. The molecule has 2 N–H and O–H groups in total. The van der Waals surface area contributed by atoms with Crippen LogP contribution in [-0.2, 0) is 15.1 Å². The number of carboxylic acid groups (broad SMARTS) is 1. The normalized spacial score (nSPS) is 23.7. The molecule has 1 saturated heterocycles. The molecule has 12 heavy (non-hydrogen) atoms. The van der Waals surface area contributed by atoms with Crippen LogP contribution in [0, 0.1) is 0 Å². The Morgan fingerprint density at radius 3 is 2.75 bits per heavy atom. The van der Waals surface area contributed by atoms with Gasteiger partial charge in [-0.1, -0.05) is 0 Å². The summed E-state index contributed by atoms with van der Waals surface area (Å²) in [5.74, 6) is -0.561. The Morgan fingerprint density at radius 1 is 1.67 bits per heavy atom. The molecule has 0 aromatic carbocycles. The van der Waals surface area contributed by atoms with Crippen molar-refractivity contribution in [2.24, 2.45) is 0 Å². The smallest absolute Gasteiger partial charge is 0.326 e. The van der Waals surface area contributed by atoms with Crippen LogP contribution in [0.5, 0.6) is 0 Å². The molecule has 1 aliphatic rings. The molecular formula is C5H7NO4S2. The maximum Gasteiger partial charge on any atom is 0.326 e. The van der Waals surface area contributed by atoms with Crippen molar-refractivity contribution in [2.75, 3.05) is 12.3 Å². The molecule has 0 spiro atoms. The summed E-state index contributed by atoms with van der Waals surface area (Å²) >= 11 is 1.07. The van der Waals surface area contributed by atoms with Crippen LogP contribution in [0.25, 0.3) is 0 Å². The number of aliphatic carboxylic acids is 1. The van der Waals surface area contributed by atoms with Gasteiger partial charge in [-0.15, -0.1) is 11.8 Å². The predicted molar refractivity (Wildman–Crippen MR) is 45.8 cm³/mol. The second-order valence-electron chi connectivity index (χ2n) is 2.13. The summed E-state index contributed by atoms with van der Waals surface area (Å²) in [7, 11) is -2.42. The summed E-state index contributed by atoms with van der Waals surface area (Å²) in [5.41, 5.74) is 0. The Bertz CT molecular complexity index is 312. The number of hydrogen-bond acceptors (Lipinski definition) is 5. The molecule has 1 unspecified atom stereocenters. The molecule has 0 radical (unpaired) electrons. The van der Waals surface area contributed by atoms with Crippen molar-refractivity contribution in [1.29, 1.82) is 0 Å². The van der Waals surface area contributed by atoms with Gasteiger partial charge in [0.25, 0.3) is 0 Å². The highest BCUT2D eigenvalue weighted by Gasteiger charge is 2.28. The van der Waals surface area contributed by atoms with Gasteiger partial charge in [0.1, 0.15) is 4.20 Å². The summed E-state index contributed by atoms with van der Waals surface area (Å²) in [4.78, 5) is 10.5. The van der Waals surface area contributed by atoms with Crippen LogP contribution in [0.1, 0.15) is 0 Å². The highest BCUT2D eigenvalue weighted by molar-refractivity contribution is 8.22. The van der Waals surface area contributed by atoms with Gasteiger partial charge in [-0.3, -0.25) is 10.1 Å². The number of nitrogens with one attached hydrogen (secondary N) is 1. The quantitative estimate of drug-likeness (QED) is 0.527. The molecule has 1 rings (SSSR count). The van der Waals surface area contributed by atoms with E-state index in [2.05, 4.69) is 5.32 Å². The van der Waals surface area contributed by atoms with Gasteiger partial charge in [0.05, 0.1) is 0 Å². The molecule has 68 valence electrons. The molecule has 1 fully saturated rings. The van der Waals surface area contributed by atoms with Crippen molar-refractivity contribution in [2.45, 2.75) is 6.04 Å². The number of carboxylic acids is 1. The highest BCUT2D eigenvalue weighted by atomic mass is 32.2. The zero-order valence-corrected chi connectivity index (χ0v) is 7.61. The maximum absolute atomic E-state index is 10.5. The van der Waals surface area contributed by atoms with E-state index in [-0.39, 0.29) is 4.20 Å². The number of rotatable bonds is 1. The zero-order valence-electron chi connectivity index (χ0n) is 5.98. The van der Waals surface area contributed by atoms with Crippen LogP contribution < -0.4 is 5.32 Å².